The van der Waals surface area contributed by atoms with Crippen LogP contribution in [0.25, 0.3) is 11.2 Å². The summed E-state index contributed by atoms with van der Waals surface area (Å²) in [5.41, 5.74) is 1.94. The molecule has 2 aliphatic rings. The first-order valence-electron chi connectivity index (χ1n) is 13.0. The van der Waals surface area contributed by atoms with E-state index in [1.807, 2.05) is 6.07 Å². The van der Waals surface area contributed by atoms with Crippen LogP contribution < -0.4 is 5.69 Å². The van der Waals surface area contributed by atoms with Gasteiger partial charge in [0.15, 0.2) is 17.3 Å². The Bertz CT molecular complexity index is 1580. The number of fused-ring (bicyclic) bond motifs is 2. The lowest BCUT2D eigenvalue weighted by Gasteiger charge is -2.33. The maximum Gasteiger partial charge on any atom is 0.410 e. The predicted molar refractivity (Wildman–Crippen MR) is 137 cm³/mol. The van der Waals surface area contributed by atoms with Gasteiger partial charge in [-0.05, 0) is 55.5 Å². The van der Waals surface area contributed by atoms with E-state index in [1.54, 1.807) is 40.1 Å². The number of piperidine rings is 1. The van der Waals surface area contributed by atoms with E-state index < -0.39 is 35.9 Å². The predicted octanol–water partition coefficient (Wildman–Crippen LogP) is 4.52. The van der Waals surface area contributed by atoms with Gasteiger partial charge in [-0.1, -0.05) is 18.2 Å². The average Bonchev–Trinajstić information content (AvgIpc) is 3.23. The van der Waals surface area contributed by atoms with Crippen LogP contribution in [0.5, 0.6) is 0 Å². The molecule has 0 bridgehead atoms. The largest absolute Gasteiger partial charge is 0.440 e. The fraction of sp³-hybridized carbons (Fsp3) is 0.357. The number of ether oxygens (including phenoxy) is 1. The molecule has 3 atom stereocenters. The molecular formula is C28H27F2N5O4. The van der Waals surface area contributed by atoms with Crippen molar-refractivity contribution in [1.29, 1.82) is 0 Å². The number of aliphatic hydroxyl groups is 1. The van der Waals surface area contributed by atoms with Crippen LogP contribution in [0.4, 0.5) is 13.6 Å². The number of likely N-dealkylation sites (tertiary alicyclic amines) is 1. The zero-order valence-electron chi connectivity index (χ0n) is 21.0. The van der Waals surface area contributed by atoms with Crippen molar-refractivity contribution in [3.63, 3.8) is 0 Å². The van der Waals surface area contributed by atoms with E-state index in [0.29, 0.717) is 42.8 Å². The summed E-state index contributed by atoms with van der Waals surface area (Å²) in [5.74, 6) is -2.70. The van der Waals surface area contributed by atoms with Crippen molar-refractivity contribution in [2.45, 2.75) is 49.9 Å². The minimum atomic E-state index is -1.14. The summed E-state index contributed by atoms with van der Waals surface area (Å²) in [6, 6.07) is 10.8. The number of amides is 1. The molecule has 1 aromatic carbocycles. The molecule has 2 N–H and O–H groups in total. The molecule has 202 valence electrons. The highest BCUT2D eigenvalue weighted by atomic mass is 19.2. The molecule has 0 radical (unpaired) electrons. The fourth-order valence-electron chi connectivity index (χ4n) is 5.86. The Morgan fingerprint density at radius 1 is 0.974 bits per heavy atom. The van der Waals surface area contributed by atoms with Gasteiger partial charge >= 0.3 is 11.8 Å². The molecule has 1 fully saturated rings. The van der Waals surface area contributed by atoms with Crippen LogP contribution in [0.3, 0.4) is 0 Å². The highest BCUT2D eigenvalue weighted by Gasteiger charge is 2.37. The Morgan fingerprint density at radius 2 is 1.72 bits per heavy atom. The number of carbonyl (C=O) groups excluding carboxylic acids is 1. The van der Waals surface area contributed by atoms with Gasteiger partial charge in [0.05, 0.1) is 17.3 Å². The lowest BCUT2D eigenvalue weighted by Crippen LogP contribution is -2.41. The molecule has 6 rings (SSSR count). The van der Waals surface area contributed by atoms with E-state index in [4.69, 9.17) is 4.74 Å². The summed E-state index contributed by atoms with van der Waals surface area (Å²) < 4.78 is 36.2. The highest BCUT2D eigenvalue weighted by Crippen LogP contribution is 2.44. The number of nitrogens with zero attached hydrogens (tertiary/aromatic N) is 4. The minimum absolute atomic E-state index is 0.0778. The highest BCUT2D eigenvalue weighted by molar-refractivity contribution is 5.70. The molecule has 9 nitrogen and oxygen atoms in total. The number of benzene rings is 1. The summed E-state index contributed by atoms with van der Waals surface area (Å²) in [7, 11) is 0. The normalized spacial score (nSPS) is 21.9. The summed E-state index contributed by atoms with van der Waals surface area (Å²) in [4.78, 5) is 38.7. The number of aliphatic hydroxyl groups excluding tert-OH is 1. The van der Waals surface area contributed by atoms with Crippen LogP contribution in [-0.4, -0.2) is 48.7 Å². The van der Waals surface area contributed by atoms with E-state index in [2.05, 4.69) is 15.0 Å². The zero-order valence-corrected chi connectivity index (χ0v) is 21.0. The third-order valence-corrected chi connectivity index (χ3v) is 7.82. The third kappa shape index (κ3) is 4.56. The Morgan fingerprint density at radius 3 is 2.54 bits per heavy atom. The number of halogens is 2. The fourth-order valence-corrected chi connectivity index (χ4v) is 5.86. The van der Waals surface area contributed by atoms with E-state index in [1.165, 1.54) is 12.1 Å². The first-order chi connectivity index (χ1) is 18.9. The molecule has 1 amide bonds. The van der Waals surface area contributed by atoms with Gasteiger partial charge in [-0.25, -0.2) is 23.4 Å². The Labute approximate surface area is 222 Å². The first-order valence-corrected chi connectivity index (χ1v) is 13.0. The number of rotatable bonds is 3. The lowest BCUT2D eigenvalue weighted by atomic mass is 9.87. The lowest BCUT2D eigenvalue weighted by molar-refractivity contribution is 0.0471. The van der Waals surface area contributed by atoms with Crippen molar-refractivity contribution in [1.82, 2.24) is 24.4 Å². The van der Waals surface area contributed by atoms with Crippen LogP contribution in [-0.2, 0) is 4.74 Å². The van der Waals surface area contributed by atoms with Crippen molar-refractivity contribution in [3.05, 3.63) is 93.8 Å². The van der Waals surface area contributed by atoms with Gasteiger partial charge < -0.3 is 14.7 Å². The number of hydrogen-bond acceptors (Lipinski definition) is 6. The van der Waals surface area contributed by atoms with Crippen LogP contribution in [0.2, 0.25) is 0 Å². The summed E-state index contributed by atoms with van der Waals surface area (Å²) in [6.07, 6.45) is 2.42. The van der Waals surface area contributed by atoms with Crippen molar-refractivity contribution in [3.8, 4) is 0 Å². The standard InChI is InChI=1S/C28H27F2N5O4/c29-20-6-1-4-17(23(20)30)18-8-9-22(24-19(25(18)36)5-2-12-31-24)39-28(38)34-14-10-16(11-15-34)35-21-7-3-13-32-26(21)33-27(35)37/h1-7,12-13,16,18,22,25,36H,8-11,14-15H2,(H,32,33,37)/t18-,22+,25-/m0/s1. The van der Waals surface area contributed by atoms with Gasteiger partial charge in [0.1, 0.15) is 6.10 Å². The van der Waals surface area contributed by atoms with Crippen molar-refractivity contribution < 1.29 is 23.4 Å². The maximum absolute atomic E-state index is 14.6. The topological polar surface area (TPSA) is 113 Å². The van der Waals surface area contributed by atoms with Crippen molar-refractivity contribution in [2.75, 3.05) is 13.1 Å². The first kappa shape index (κ1) is 25.2. The van der Waals surface area contributed by atoms with Gasteiger partial charge in [-0.2, -0.15) is 0 Å². The smallest absolute Gasteiger partial charge is 0.410 e. The van der Waals surface area contributed by atoms with Gasteiger partial charge in [-0.15, -0.1) is 0 Å². The Kier molecular flexibility index (Phi) is 6.59. The van der Waals surface area contributed by atoms with Crippen molar-refractivity contribution >= 4 is 17.3 Å². The van der Waals surface area contributed by atoms with E-state index >= 15 is 0 Å². The molecule has 1 aliphatic heterocycles. The van der Waals surface area contributed by atoms with E-state index in [-0.39, 0.29) is 30.1 Å². The molecule has 39 heavy (non-hydrogen) atoms. The number of nitrogens with one attached hydrogen (secondary N) is 1. The number of hydrogen-bond donors (Lipinski definition) is 2. The quantitative estimate of drug-likeness (QED) is 0.373. The van der Waals surface area contributed by atoms with Gasteiger partial charge in [0.25, 0.3) is 0 Å². The average molecular weight is 536 g/mol. The Balaban J connectivity index is 1.18. The monoisotopic (exact) mass is 535 g/mol. The van der Waals surface area contributed by atoms with Gasteiger partial charge in [-0.3, -0.25) is 14.5 Å². The van der Waals surface area contributed by atoms with Gasteiger partial charge in [0, 0.05) is 43.0 Å². The SMILES string of the molecule is O=C(O[C@@H]1CC[C@@H](c2cccc(F)c2F)[C@H](O)c2cccnc21)N1CCC(n2c(=O)[nH]c3ncccc32)CC1. The number of carbonyl (C=O) groups is 1. The number of aromatic nitrogens is 4. The third-order valence-electron chi connectivity index (χ3n) is 7.82. The second-order valence-corrected chi connectivity index (χ2v) is 10.0. The second-order valence-electron chi connectivity index (χ2n) is 10.0. The van der Waals surface area contributed by atoms with E-state index in [9.17, 15) is 23.5 Å². The molecule has 1 saturated heterocycles. The second kappa shape index (κ2) is 10.2. The Hall–Kier alpha value is -4.12. The molecule has 4 heterocycles. The van der Waals surface area contributed by atoms with Crippen LogP contribution >= 0.6 is 0 Å². The summed E-state index contributed by atoms with van der Waals surface area (Å²) in [6.45, 7) is 0.787. The van der Waals surface area contributed by atoms with Gasteiger partial charge in [0.2, 0.25) is 0 Å². The number of pyridine rings is 2. The van der Waals surface area contributed by atoms with Crippen LogP contribution in [0, 0.1) is 11.6 Å². The zero-order chi connectivity index (χ0) is 27.1. The minimum Gasteiger partial charge on any atom is -0.440 e. The number of imidazole rings is 1. The van der Waals surface area contributed by atoms with Crippen LogP contribution in [0.1, 0.15) is 66.7 Å². The molecule has 0 saturated carbocycles. The van der Waals surface area contributed by atoms with E-state index in [0.717, 1.165) is 11.6 Å². The number of H-pyrrole nitrogens is 1. The molecule has 0 spiro atoms. The maximum atomic E-state index is 14.6. The van der Waals surface area contributed by atoms with Crippen molar-refractivity contribution in [2.24, 2.45) is 0 Å². The molecule has 1 aliphatic carbocycles. The summed E-state index contributed by atoms with van der Waals surface area (Å²) in [5, 5.41) is 11.2. The number of aromatic amines is 1. The molecule has 3 aromatic heterocycles. The van der Waals surface area contributed by atoms with Crippen LogP contribution in [0.15, 0.2) is 59.7 Å². The molecule has 0 unspecified atom stereocenters. The molecule has 4 aromatic rings. The molecule has 11 heteroatoms. The summed E-state index contributed by atoms with van der Waals surface area (Å²) >= 11 is 0. The molecular weight excluding hydrogens is 508 g/mol.